The lowest BCUT2D eigenvalue weighted by atomic mass is 9.82. The molecule has 10 rings (SSSR count). The fourth-order valence-corrected chi connectivity index (χ4v) is 8.10. The number of benzene rings is 7. The van der Waals surface area contributed by atoms with E-state index in [0.717, 1.165) is 50.4 Å². The molecule has 0 saturated carbocycles. The molecule has 0 radical (unpaired) electrons. The Morgan fingerprint density at radius 1 is 0.440 bits per heavy atom. The maximum Gasteiger partial charge on any atom is 0.160 e. The van der Waals surface area contributed by atoms with Gasteiger partial charge < -0.3 is 4.57 Å². The van der Waals surface area contributed by atoms with Gasteiger partial charge in [-0.1, -0.05) is 135 Å². The highest BCUT2D eigenvalue weighted by Crippen LogP contribution is 2.49. The van der Waals surface area contributed by atoms with Crippen molar-refractivity contribution in [3.05, 3.63) is 175 Å². The molecule has 3 heteroatoms. The maximum absolute atomic E-state index is 5.32. The first kappa shape index (κ1) is 28.7. The van der Waals surface area contributed by atoms with E-state index >= 15 is 0 Å². The summed E-state index contributed by atoms with van der Waals surface area (Å²) < 4.78 is 2.37. The number of hydrogen-bond donors (Lipinski definition) is 0. The van der Waals surface area contributed by atoms with Gasteiger partial charge in [-0.15, -0.1) is 0 Å². The standard InChI is InChI=1S/C47H33N3/c1-47(2)40-19-11-9-17-35(40)36-24-22-33(28-41(36)47)46-48-42-26-23-31(27-39(42)45(49-46)30-13-5-3-6-14-30)32-21-25-38-37-18-10-12-20-43(37)50(44(38)29-32)34-15-7-4-8-16-34/h3-29H,1-2H3. The molecule has 1 aliphatic carbocycles. The highest BCUT2D eigenvalue weighted by atomic mass is 15.0. The molecule has 3 nitrogen and oxygen atoms in total. The van der Waals surface area contributed by atoms with Crippen molar-refractivity contribution in [2.24, 2.45) is 0 Å². The van der Waals surface area contributed by atoms with Crippen molar-refractivity contribution in [1.82, 2.24) is 14.5 Å². The van der Waals surface area contributed by atoms with Gasteiger partial charge in [0.25, 0.3) is 0 Å². The predicted octanol–water partition coefficient (Wildman–Crippen LogP) is 12.0. The molecule has 1 aliphatic rings. The van der Waals surface area contributed by atoms with Crippen molar-refractivity contribution in [3.8, 4) is 50.6 Å². The Balaban J connectivity index is 1.14. The third kappa shape index (κ3) is 4.30. The summed E-state index contributed by atoms with van der Waals surface area (Å²) in [5.74, 6) is 0.743. The van der Waals surface area contributed by atoms with Gasteiger partial charge in [0.15, 0.2) is 5.82 Å². The van der Waals surface area contributed by atoms with Crippen LogP contribution in [0.15, 0.2) is 164 Å². The number of para-hydroxylation sites is 2. The number of rotatable bonds is 4. The second-order valence-electron chi connectivity index (χ2n) is 13.8. The van der Waals surface area contributed by atoms with Crippen LogP contribution in [0.5, 0.6) is 0 Å². The molecule has 50 heavy (non-hydrogen) atoms. The van der Waals surface area contributed by atoms with Gasteiger partial charge in [0, 0.05) is 38.4 Å². The van der Waals surface area contributed by atoms with Gasteiger partial charge in [-0.05, 0) is 75.8 Å². The molecule has 0 spiro atoms. The van der Waals surface area contributed by atoms with Crippen LogP contribution >= 0.6 is 0 Å². The lowest BCUT2D eigenvalue weighted by Crippen LogP contribution is -2.15. The summed E-state index contributed by atoms with van der Waals surface area (Å²) >= 11 is 0. The Bertz CT molecular complexity index is 2770. The summed E-state index contributed by atoms with van der Waals surface area (Å²) in [5.41, 5.74) is 15.0. The Hall–Kier alpha value is -6.32. The molecule has 0 unspecified atom stereocenters. The zero-order chi connectivity index (χ0) is 33.4. The monoisotopic (exact) mass is 639 g/mol. The van der Waals surface area contributed by atoms with E-state index in [9.17, 15) is 0 Å². The second-order valence-corrected chi connectivity index (χ2v) is 13.8. The quantitative estimate of drug-likeness (QED) is 0.192. The Labute approximate surface area is 291 Å². The van der Waals surface area contributed by atoms with Crippen LogP contribution in [0.3, 0.4) is 0 Å². The molecule has 0 saturated heterocycles. The minimum absolute atomic E-state index is 0.0940. The fourth-order valence-electron chi connectivity index (χ4n) is 8.10. The van der Waals surface area contributed by atoms with E-state index < -0.39 is 0 Å². The molecule has 0 aliphatic heterocycles. The number of nitrogens with zero attached hydrogens (tertiary/aromatic N) is 3. The molecule has 7 aromatic carbocycles. The zero-order valence-corrected chi connectivity index (χ0v) is 27.9. The van der Waals surface area contributed by atoms with Crippen molar-refractivity contribution in [2.45, 2.75) is 19.3 Å². The van der Waals surface area contributed by atoms with E-state index in [1.54, 1.807) is 0 Å². The average Bonchev–Trinajstić information content (AvgIpc) is 3.62. The van der Waals surface area contributed by atoms with Crippen molar-refractivity contribution in [1.29, 1.82) is 0 Å². The zero-order valence-electron chi connectivity index (χ0n) is 27.9. The molecule has 0 atom stereocenters. The van der Waals surface area contributed by atoms with Crippen molar-refractivity contribution in [3.63, 3.8) is 0 Å². The highest BCUT2D eigenvalue weighted by molar-refractivity contribution is 6.10. The van der Waals surface area contributed by atoms with Crippen LogP contribution in [0.25, 0.3) is 83.3 Å². The molecule has 2 heterocycles. The van der Waals surface area contributed by atoms with Crippen LogP contribution in [0.2, 0.25) is 0 Å². The minimum Gasteiger partial charge on any atom is -0.309 e. The SMILES string of the molecule is CC1(C)c2ccccc2-c2ccc(-c3nc(-c4ccccc4)c4cc(-c5ccc6c7ccccc7n(-c7ccccc7)c6c5)ccc4n3)cc21. The van der Waals surface area contributed by atoms with Crippen LogP contribution in [0.1, 0.15) is 25.0 Å². The summed E-state index contributed by atoms with van der Waals surface area (Å²) in [6.07, 6.45) is 0. The largest absolute Gasteiger partial charge is 0.309 e. The van der Waals surface area contributed by atoms with Gasteiger partial charge in [0.1, 0.15) is 0 Å². The molecule has 0 bridgehead atoms. The molecular formula is C47H33N3. The molecule has 9 aromatic rings. The van der Waals surface area contributed by atoms with Crippen molar-refractivity contribution >= 4 is 32.7 Å². The Morgan fingerprint density at radius 3 is 1.96 bits per heavy atom. The third-order valence-electron chi connectivity index (χ3n) is 10.6. The maximum atomic E-state index is 5.32. The van der Waals surface area contributed by atoms with Crippen LogP contribution in [0, 0.1) is 0 Å². The summed E-state index contributed by atoms with van der Waals surface area (Å²) in [5, 5.41) is 3.53. The minimum atomic E-state index is -0.0940. The smallest absolute Gasteiger partial charge is 0.160 e. The van der Waals surface area contributed by atoms with Gasteiger partial charge in [-0.2, -0.15) is 0 Å². The lowest BCUT2D eigenvalue weighted by molar-refractivity contribution is 0.660. The Kier molecular flexibility index (Phi) is 6.22. The first-order valence-corrected chi connectivity index (χ1v) is 17.3. The molecule has 0 N–H and O–H groups in total. The van der Waals surface area contributed by atoms with Crippen LogP contribution in [0.4, 0.5) is 0 Å². The topological polar surface area (TPSA) is 30.7 Å². The van der Waals surface area contributed by atoms with Gasteiger partial charge in [0.2, 0.25) is 0 Å². The fraction of sp³-hybridized carbons (Fsp3) is 0.0638. The average molecular weight is 640 g/mol. The van der Waals surface area contributed by atoms with Gasteiger partial charge in [-0.3, -0.25) is 0 Å². The molecule has 236 valence electrons. The third-order valence-corrected chi connectivity index (χ3v) is 10.6. The number of aromatic nitrogens is 3. The predicted molar refractivity (Wildman–Crippen MR) is 208 cm³/mol. The van der Waals surface area contributed by atoms with Gasteiger partial charge in [0.05, 0.1) is 22.2 Å². The van der Waals surface area contributed by atoms with E-state index in [1.165, 1.54) is 44.1 Å². The lowest BCUT2D eigenvalue weighted by Gasteiger charge is -2.21. The summed E-state index contributed by atoms with van der Waals surface area (Å²) in [4.78, 5) is 10.5. The van der Waals surface area contributed by atoms with Crippen LogP contribution in [-0.2, 0) is 5.41 Å². The molecule has 2 aromatic heterocycles. The molecule has 0 amide bonds. The van der Waals surface area contributed by atoms with E-state index in [-0.39, 0.29) is 5.41 Å². The van der Waals surface area contributed by atoms with E-state index in [0.29, 0.717) is 0 Å². The van der Waals surface area contributed by atoms with Crippen molar-refractivity contribution < 1.29 is 0 Å². The van der Waals surface area contributed by atoms with E-state index in [2.05, 4.69) is 182 Å². The molecular weight excluding hydrogens is 607 g/mol. The first-order valence-electron chi connectivity index (χ1n) is 17.3. The normalized spacial score (nSPS) is 13.2. The first-order chi connectivity index (χ1) is 24.5. The van der Waals surface area contributed by atoms with Crippen molar-refractivity contribution in [2.75, 3.05) is 0 Å². The Morgan fingerprint density at radius 2 is 1.10 bits per heavy atom. The highest BCUT2D eigenvalue weighted by Gasteiger charge is 2.35. The number of fused-ring (bicyclic) bond motifs is 7. The van der Waals surface area contributed by atoms with Gasteiger partial charge in [-0.25, -0.2) is 9.97 Å². The van der Waals surface area contributed by atoms with Crippen LogP contribution < -0.4 is 0 Å². The van der Waals surface area contributed by atoms with Crippen LogP contribution in [-0.4, -0.2) is 14.5 Å². The molecule has 0 fully saturated rings. The number of hydrogen-bond acceptors (Lipinski definition) is 2. The second kappa shape index (κ2) is 10.8. The van der Waals surface area contributed by atoms with Gasteiger partial charge >= 0.3 is 0 Å². The summed E-state index contributed by atoms with van der Waals surface area (Å²) in [6, 6.07) is 58.8. The van der Waals surface area contributed by atoms with E-state index in [4.69, 9.17) is 9.97 Å². The summed E-state index contributed by atoms with van der Waals surface area (Å²) in [6.45, 7) is 4.63. The summed E-state index contributed by atoms with van der Waals surface area (Å²) in [7, 11) is 0. The van der Waals surface area contributed by atoms with E-state index in [1.807, 2.05) is 0 Å².